The van der Waals surface area contributed by atoms with Crippen molar-refractivity contribution in [2.45, 2.75) is 0 Å². The van der Waals surface area contributed by atoms with Crippen LogP contribution in [-0.2, 0) is 20.1 Å². The Morgan fingerprint density at radius 3 is 2.71 bits per heavy atom. The number of benzene rings is 2. The average Bonchev–Trinajstić information content (AvgIpc) is 3.12. The van der Waals surface area contributed by atoms with Gasteiger partial charge in [-0.3, -0.25) is 4.98 Å². The summed E-state index contributed by atoms with van der Waals surface area (Å²) < 4.78 is 4.60. The van der Waals surface area contributed by atoms with Crippen molar-refractivity contribution in [3.05, 3.63) is 78.4 Å². The zero-order valence-electron chi connectivity index (χ0n) is 12.4. The van der Waals surface area contributed by atoms with E-state index < -0.39 is 0 Å². The SMILES string of the molecule is [Ir].[c-]1cccc2c1N1[CH-]SN=C1c1cc(-c3ccncc3)ccc1-2. The van der Waals surface area contributed by atoms with Crippen LogP contribution in [0.5, 0.6) is 0 Å². The Kier molecular flexibility index (Phi) is 4.01. The quantitative estimate of drug-likeness (QED) is 0.359. The van der Waals surface area contributed by atoms with E-state index in [0.717, 1.165) is 22.6 Å². The minimum atomic E-state index is 0. The first-order chi connectivity index (χ1) is 11.4. The third kappa shape index (κ3) is 2.32. The first kappa shape index (κ1) is 15.6. The van der Waals surface area contributed by atoms with Gasteiger partial charge in [0, 0.05) is 38.1 Å². The van der Waals surface area contributed by atoms with Crippen LogP contribution in [0.1, 0.15) is 5.56 Å². The Morgan fingerprint density at radius 2 is 1.83 bits per heavy atom. The van der Waals surface area contributed by atoms with Crippen molar-refractivity contribution in [2.24, 2.45) is 4.40 Å². The Bertz CT molecular complexity index is 940. The van der Waals surface area contributed by atoms with E-state index in [1.165, 1.54) is 28.6 Å². The molecule has 0 atom stereocenters. The molecule has 1 aromatic heterocycles. The summed E-state index contributed by atoms with van der Waals surface area (Å²) in [6.45, 7) is 0. The van der Waals surface area contributed by atoms with Gasteiger partial charge in [-0.2, -0.15) is 42.1 Å². The van der Waals surface area contributed by atoms with Crippen molar-refractivity contribution >= 4 is 23.5 Å². The van der Waals surface area contributed by atoms with Gasteiger partial charge in [0.15, 0.2) is 0 Å². The second-order valence-corrected chi connectivity index (χ2v) is 6.03. The number of pyridine rings is 1. The fraction of sp³-hybridized carbons (Fsp3) is 0. The van der Waals surface area contributed by atoms with Crippen molar-refractivity contribution in [3.63, 3.8) is 0 Å². The minimum absolute atomic E-state index is 0. The van der Waals surface area contributed by atoms with Crippen molar-refractivity contribution in [3.8, 4) is 22.3 Å². The van der Waals surface area contributed by atoms with E-state index in [9.17, 15) is 0 Å². The van der Waals surface area contributed by atoms with E-state index in [1.807, 2.05) is 42.5 Å². The molecule has 119 valence electrons. The normalized spacial score (nSPS) is 14.2. The molecule has 0 N–H and O–H groups in total. The van der Waals surface area contributed by atoms with E-state index in [0.29, 0.717) is 0 Å². The Hall–Kier alpha value is -1.94. The Balaban J connectivity index is 0.00000146. The van der Waals surface area contributed by atoms with Crippen LogP contribution in [0, 0.1) is 11.9 Å². The molecule has 0 saturated heterocycles. The van der Waals surface area contributed by atoms with Gasteiger partial charge in [-0.05, 0) is 29.3 Å². The van der Waals surface area contributed by atoms with Gasteiger partial charge in [-0.15, -0.1) is 5.56 Å². The molecular weight excluding hydrogens is 495 g/mol. The van der Waals surface area contributed by atoms with Gasteiger partial charge in [0.05, 0.1) is 0 Å². The number of aromatic nitrogens is 1. The van der Waals surface area contributed by atoms with Crippen LogP contribution in [0.3, 0.4) is 0 Å². The van der Waals surface area contributed by atoms with Crippen LogP contribution in [0.15, 0.2) is 65.3 Å². The van der Waals surface area contributed by atoms with E-state index in [2.05, 4.69) is 44.6 Å². The number of rotatable bonds is 1. The molecule has 3 aromatic rings. The fourth-order valence-corrected chi connectivity index (χ4v) is 3.72. The van der Waals surface area contributed by atoms with Gasteiger partial charge in [-0.1, -0.05) is 23.4 Å². The van der Waals surface area contributed by atoms with Gasteiger partial charge >= 0.3 is 0 Å². The van der Waals surface area contributed by atoms with E-state index in [-0.39, 0.29) is 20.1 Å². The number of anilines is 1. The van der Waals surface area contributed by atoms with E-state index in [1.54, 1.807) is 0 Å². The molecule has 0 fully saturated rings. The smallest absolute Gasteiger partial charge is 0.114 e. The maximum atomic E-state index is 4.60. The third-order valence-electron chi connectivity index (χ3n) is 4.16. The number of fused-ring (bicyclic) bond motifs is 6. The van der Waals surface area contributed by atoms with Gasteiger partial charge in [0.1, 0.15) is 5.84 Å². The second kappa shape index (κ2) is 6.17. The summed E-state index contributed by atoms with van der Waals surface area (Å²) in [6.07, 6.45) is 3.64. The molecular formula is C19H11IrN3S-2. The summed E-state index contributed by atoms with van der Waals surface area (Å²) in [6, 6.07) is 20.1. The summed E-state index contributed by atoms with van der Waals surface area (Å²) in [5.74, 6) is 3.02. The van der Waals surface area contributed by atoms with Crippen LogP contribution < -0.4 is 4.90 Å². The Labute approximate surface area is 158 Å². The predicted molar refractivity (Wildman–Crippen MR) is 94.9 cm³/mol. The number of hydrogen-bond acceptors (Lipinski definition) is 4. The molecule has 3 heterocycles. The third-order valence-corrected chi connectivity index (χ3v) is 4.74. The average molecular weight is 506 g/mol. The molecule has 5 heteroatoms. The fourth-order valence-electron chi connectivity index (χ4n) is 3.08. The maximum Gasteiger partial charge on any atom is 0.114 e. The van der Waals surface area contributed by atoms with Gasteiger partial charge in [-0.25, -0.2) is 4.40 Å². The standard InChI is InChI=1S/C19H11N3S.Ir/c1-2-4-18-16(3-1)15-6-5-14(13-7-9-20-10-8-13)11-17(15)19-21-23-12-22(18)19;/h1-3,5-12H;/q-2;. The van der Waals surface area contributed by atoms with Crippen molar-refractivity contribution in [1.29, 1.82) is 0 Å². The molecule has 5 rings (SSSR count). The van der Waals surface area contributed by atoms with Crippen molar-refractivity contribution < 1.29 is 20.1 Å². The van der Waals surface area contributed by atoms with Gasteiger partial charge in [0.2, 0.25) is 0 Å². The molecule has 0 unspecified atom stereocenters. The van der Waals surface area contributed by atoms with Crippen molar-refractivity contribution in [2.75, 3.05) is 4.90 Å². The van der Waals surface area contributed by atoms with Crippen LogP contribution >= 0.6 is 11.9 Å². The Morgan fingerprint density at radius 1 is 0.958 bits per heavy atom. The largest absolute Gasteiger partial charge is 0.486 e. The summed E-state index contributed by atoms with van der Waals surface area (Å²) in [4.78, 5) is 6.22. The van der Waals surface area contributed by atoms with Crippen LogP contribution in [0.4, 0.5) is 5.69 Å². The molecule has 3 nitrogen and oxygen atoms in total. The summed E-state index contributed by atoms with van der Waals surface area (Å²) in [5.41, 5.74) is 6.97. The zero-order chi connectivity index (χ0) is 15.2. The molecule has 24 heavy (non-hydrogen) atoms. The van der Waals surface area contributed by atoms with Gasteiger partial charge in [0.25, 0.3) is 0 Å². The molecule has 0 saturated carbocycles. The van der Waals surface area contributed by atoms with Crippen LogP contribution in [0.25, 0.3) is 22.3 Å². The molecule has 0 aliphatic carbocycles. The number of amidine groups is 1. The topological polar surface area (TPSA) is 28.5 Å². The molecule has 2 aliphatic rings. The van der Waals surface area contributed by atoms with Gasteiger partial charge < -0.3 is 4.90 Å². The monoisotopic (exact) mass is 506 g/mol. The predicted octanol–water partition coefficient (Wildman–Crippen LogP) is 4.56. The zero-order valence-corrected chi connectivity index (χ0v) is 15.6. The first-order valence-electron chi connectivity index (χ1n) is 7.34. The number of nitrogens with zero attached hydrogens (tertiary/aromatic N) is 3. The number of hydrogen-bond donors (Lipinski definition) is 0. The maximum absolute atomic E-state index is 4.60. The summed E-state index contributed by atoms with van der Waals surface area (Å²) >= 11 is 1.47. The molecule has 2 aromatic carbocycles. The van der Waals surface area contributed by atoms with Crippen molar-refractivity contribution in [1.82, 2.24) is 4.98 Å². The number of para-hydroxylation sites is 1. The molecule has 0 bridgehead atoms. The molecule has 2 aliphatic heterocycles. The van der Waals surface area contributed by atoms with E-state index >= 15 is 0 Å². The minimum Gasteiger partial charge on any atom is -0.486 e. The van der Waals surface area contributed by atoms with Crippen LogP contribution in [-0.4, -0.2) is 10.8 Å². The van der Waals surface area contributed by atoms with E-state index in [4.69, 9.17) is 0 Å². The van der Waals surface area contributed by atoms with Crippen LogP contribution in [0.2, 0.25) is 0 Å². The first-order valence-corrected chi connectivity index (χ1v) is 8.18. The molecule has 1 radical (unpaired) electrons. The molecule has 0 spiro atoms. The second-order valence-electron chi connectivity index (χ2n) is 5.42. The molecule has 0 amide bonds. The summed E-state index contributed by atoms with van der Waals surface area (Å²) in [5, 5.41) is 0. The summed E-state index contributed by atoms with van der Waals surface area (Å²) in [7, 11) is 0.